The molecule has 0 saturated carbocycles. The first-order valence-electron chi connectivity index (χ1n) is 9.76. The van der Waals surface area contributed by atoms with Gasteiger partial charge in [-0.2, -0.15) is 0 Å². The van der Waals surface area contributed by atoms with Crippen molar-refractivity contribution in [1.29, 1.82) is 0 Å². The molecule has 1 saturated heterocycles. The van der Waals surface area contributed by atoms with E-state index in [0.29, 0.717) is 19.4 Å². The van der Waals surface area contributed by atoms with Gasteiger partial charge in [0.05, 0.1) is 13.0 Å². The molecule has 1 rings (SSSR count). The number of carbonyl (C=O) groups excluding carboxylic acids is 3. The number of hydrogen-bond acceptors (Lipinski definition) is 4. The van der Waals surface area contributed by atoms with E-state index in [1.54, 1.807) is 0 Å². The van der Waals surface area contributed by atoms with Crippen LogP contribution >= 0.6 is 0 Å². The molecule has 0 aromatic carbocycles. The number of unbranched alkanes of at least 4 members (excludes halogenated alkanes) is 7. The third-order valence-corrected chi connectivity index (χ3v) is 4.35. The minimum Gasteiger partial charge on any atom is -0.464 e. The molecular formula is C20H33NO4. The van der Waals surface area contributed by atoms with Crippen LogP contribution in [0.3, 0.4) is 0 Å². The molecule has 0 aromatic heterocycles. The molecule has 1 fully saturated rings. The van der Waals surface area contributed by atoms with E-state index in [-0.39, 0.29) is 18.1 Å². The zero-order chi connectivity index (χ0) is 18.3. The van der Waals surface area contributed by atoms with Crippen LogP contribution in [-0.2, 0) is 19.1 Å². The van der Waals surface area contributed by atoms with E-state index in [0.717, 1.165) is 25.7 Å². The second kappa shape index (κ2) is 13.6. The van der Waals surface area contributed by atoms with Gasteiger partial charge in [-0.25, -0.2) is 4.79 Å². The van der Waals surface area contributed by atoms with Gasteiger partial charge < -0.3 is 10.1 Å². The van der Waals surface area contributed by atoms with E-state index in [4.69, 9.17) is 4.74 Å². The number of carbonyl (C=O) groups is 3. The van der Waals surface area contributed by atoms with Gasteiger partial charge in [0.2, 0.25) is 5.91 Å². The molecule has 5 nitrogen and oxygen atoms in total. The van der Waals surface area contributed by atoms with Crippen molar-refractivity contribution in [3.8, 4) is 0 Å². The molecule has 1 aliphatic rings. The predicted molar refractivity (Wildman–Crippen MR) is 98.1 cm³/mol. The highest BCUT2D eigenvalue weighted by Crippen LogP contribution is 2.09. The lowest BCUT2D eigenvalue weighted by molar-refractivity contribution is -0.142. The number of amides is 1. The molecule has 5 heteroatoms. The maximum atomic E-state index is 11.8. The Morgan fingerprint density at radius 1 is 1.08 bits per heavy atom. The van der Waals surface area contributed by atoms with Crippen molar-refractivity contribution in [3.63, 3.8) is 0 Å². The summed E-state index contributed by atoms with van der Waals surface area (Å²) >= 11 is 0. The number of allylic oxidation sites excluding steroid dienone is 2. The number of rotatable bonds is 14. The molecule has 1 aliphatic heterocycles. The Morgan fingerprint density at radius 2 is 1.76 bits per heavy atom. The Morgan fingerprint density at radius 3 is 2.36 bits per heavy atom. The lowest BCUT2D eigenvalue weighted by atomic mass is 10.1. The number of hydrogen-bond donors (Lipinski definition) is 1. The van der Waals surface area contributed by atoms with Crippen molar-refractivity contribution < 1.29 is 19.1 Å². The average Bonchev–Trinajstić information content (AvgIpc) is 2.97. The molecule has 0 aromatic rings. The summed E-state index contributed by atoms with van der Waals surface area (Å²) in [7, 11) is 0. The van der Waals surface area contributed by atoms with Crippen LogP contribution in [0.15, 0.2) is 12.2 Å². The second-order valence-electron chi connectivity index (χ2n) is 6.71. The van der Waals surface area contributed by atoms with Gasteiger partial charge in [-0.05, 0) is 32.1 Å². The highest BCUT2D eigenvalue weighted by atomic mass is 16.5. The topological polar surface area (TPSA) is 72.5 Å². The highest BCUT2D eigenvalue weighted by molar-refractivity contribution is 5.99. The van der Waals surface area contributed by atoms with Crippen molar-refractivity contribution in [3.05, 3.63) is 12.2 Å². The quantitative estimate of drug-likeness (QED) is 0.223. The zero-order valence-corrected chi connectivity index (χ0v) is 15.6. The lowest BCUT2D eigenvalue weighted by Crippen LogP contribution is -2.38. The first-order valence-corrected chi connectivity index (χ1v) is 9.76. The van der Waals surface area contributed by atoms with Crippen LogP contribution in [0.2, 0.25) is 0 Å². The van der Waals surface area contributed by atoms with Gasteiger partial charge in [0.1, 0.15) is 11.8 Å². The number of Topliss-reactive ketones (excluding diaryl/α,β-unsaturated/α-hetero) is 1. The minimum absolute atomic E-state index is 0.0599. The highest BCUT2D eigenvalue weighted by Gasteiger charge is 2.28. The van der Waals surface area contributed by atoms with Crippen LogP contribution in [0.1, 0.15) is 84.0 Å². The van der Waals surface area contributed by atoms with E-state index in [2.05, 4.69) is 24.4 Å². The Kier molecular flexibility index (Phi) is 11.7. The predicted octanol–water partition coefficient (Wildman–Crippen LogP) is 3.85. The molecule has 0 spiro atoms. The van der Waals surface area contributed by atoms with E-state index in [9.17, 15) is 14.4 Å². The van der Waals surface area contributed by atoms with Gasteiger partial charge in [-0.3, -0.25) is 9.59 Å². The molecular weight excluding hydrogens is 318 g/mol. The Labute approximate surface area is 151 Å². The van der Waals surface area contributed by atoms with Gasteiger partial charge in [0, 0.05) is 12.8 Å². The summed E-state index contributed by atoms with van der Waals surface area (Å²) in [5.41, 5.74) is 0. The molecule has 1 heterocycles. The smallest absolute Gasteiger partial charge is 0.328 e. The van der Waals surface area contributed by atoms with Gasteiger partial charge >= 0.3 is 5.97 Å². The molecule has 25 heavy (non-hydrogen) atoms. The van der Waals surface area contributed by atoms with Crippen molar-refractivity contribution in [2.45, 2.75) is 90.0 Å². The standard InChI is InChI=1S/C20H33NO4/c1-2-3-4-5-6-7-8-9-10-11-12-13-17(22)16-19(23)21-18-14-15-25-20(18)24/h7-8,18H,2-6,9-16H2,1H3,(H,21,23). The van der Waals surface area contributed by atoms with Crippen molar-refractivity contribution in [2.75, 3.05) is 6.61 Å². The molecule has 1 N–H and O–H groups in total. The van der Waals surface area contributed by atoms with Gasteiger partial charge in [0.15, 0.2) is 0 Å². The third kappa shape index (κ3) is 10.7. The maximum Gasteiger partial charge on any atom is 0.328 e. The zero-order valence-electron chi connectivity index (χ0n) is 15.6. The van der Waals surface area contributed by atoms with E-state index < -0.39 is 12.0 Å². The molecule has 1 atom stereocenters. The number of cyclic esters (lactones) is 1. The van der Waals surface area contributed by atoms with Crippen molar-refractivity contribution in [1.82, 2.24) is 5.32 Å². The van der Waals surface area contributed by atoms with Crippen molar-refractivity contribution in [2.24, 2.45) is 0 Å². The normalized spacial score (nSPS) is 17.0. The number of ether oxygens (including phenoxy) is 1. The lowest BCUT2D eigenvalue weighted by Gasteiger charge is -2.08. The van der Waals surface area contributed by atoms with Crippen LogP contribution in [0.5, 0.6) is 0 Å². The first-order chi connectivity index (χ1) is 12.1. The van der Waals surface area contributed by atoms with E-state index in [1.807, 2.05) is 0 Å². The summed E-state index contributed by atoms with van der Waals surface area (Å²) in [5.74, 6) is -0.839. The molecule has 0 radical (unpaired) electrons. The summed E-state index contributed by atoms with van der Waals surface area (Å²) < 4.78 is 4.77. The number of nitrogens with one attached hydrogen (secondary N) is 1. The van der Waals surface area contributed by atoms with Crippen molar-refractivity contribution >= 4 is 17.7 Å². The SMILES string of the molecule is CCCCCCC=CCCCCCC(=O)CC(=O)NC1CCOC1=O. The molecule has 1 amide bonds. The third-order valence-electron chi connectivity index (χ3n) is 4.35. The molecule has 0 bridgehead atoms. The largest absolute Gasteiger partial charge is 0.464 e. The van der Waals surface area contributed by atoms with E-state index >= 15 is 0 Å². The Balaban J connectivity index is 1.95. The molecule has 0 aliphatic carbocycles. The van der Waals surface area contributed by atoms with Crippen LogP contribution in [0.4, 0.5) is 0 Å². The van der Waals surface area contributed by atoms with Gasteiger partial charge in [-0.15, -0.1) is 0 Å². The van der Waals surface area contributed by atoms with Gasteiger partial charge in [-0.1, -0.05) is 44.8 Å². The van der Waals surface area contributed by atoms with Crippen LogP contribution in [0.25, 0.3) is 0 Å². The van der Waals surface area contributed by atoms with E-state index in [1.165, 1.54) is 32.1 Å². The fourth-order valence-electron chi connectivity index (χ4n) is 2.83. The first kappa shape index (κ1) is 21.4. The maximum absolute atomic E-state index is 11.8. The summed E-state index contributed by atoms with van der Waals surface area (Å²) in [4.78, 5) is 34.7. The average molecular weight is 351 g/mol. The second-order valence-corrected chi connectivity index (χ2v) is 6.71. The number of ketones is 1. The van der Waals surface area contributed by atoms with Crippen LogP contribution < -0.4 is 5.32 Å². The fraction of sp³-hybridized carbons (Fsp3) is 0.750. The number of esters is 1. The molecule has 142 valence electrons. The Bertz CT molecular complexity index is 445. The van der Waals surface area contributed by atoms with Crippen LogP contribution in [0, 0.1) is 0 Å². The van der Waals surface area contributed by atoms with Crippen LogP contribution in [-0.4, -0.2) is 30.3 Å². The monoisotopic (exact) mass is 351 g/mol. The summed E-state index contributed by atoms with van der Waals surface area (Å²) in [6, 6.07) is -0.575. The molecule has 1 unspecified atom stereocenters. The fourth-order valence-corrected chi connectivity index (χ4v) is 2.83. The summed E-state index contributed by atoms with van der Waals surface area (Å²) in [6.45, 7) is 2.56. The van der Waals surface area contributed by atoms with Gasteiger partial charge in [0.25, 0.3) is 0 Å². The Hall–Kier alpha value is -1.65. The minimum atomic E-state index is -0.575. The summed E-state index contributed by atoms with van der Waals surface area (Å²) in [6.07, 6.45) is 15.6. The summed E-state index contributed by atoms with van der Waals surface area (Å²) in [5, 5.41) is 2.56.